The fraction of sp³-hybridized carbons (Fsp3) is 0.261. The zero-order valence-corrected chi connectivity index (χ0v) is 17.5. The fourth-order valence-corrected chi connectivity index (χ4v) is 3.63. The van der Waals surface area contributed by atoms with Gasteiger partial charge in [-0.1, -0.05) is 24.3 Å². The normalized spacial score (nSPS) is 13.0. The van der Waals surface area contributed by atoms with E-state index in [9.17, 15) is 9.59 Å². The first-order valence-corrected chi connectivity index (χ1v) is 10.8. The summed E-state index contributed by atoms with van der Waals surface area (Å²) in [5.74, 6) is 0.522. The van der Waals surface area contributed by atoms with Crippen molar-refractivity contribution in [2.45, 2.75) is 32.9 Å². The zero-order valence-electron chi connectivity index (χ0n) is 16.7. The lowest BCUT2D eigenvalue weighted by atomic mass is 10.1. The Morgan fingerprint density at radius 3 is 2.77 bits per heavy atom. The first kappa shape index (κ1) is 20.1. The smallest absolute Gasteiger partial charge is 0.255 e. The van der Waals surface area contributed by atoms with E-state index in [1.807, 2.05) is 48.7 Å². The molecule has 0 bridgehead atoms. The molecule has 1 aromatic heterocycles. The number of ether oxygens (including phenoxy) is 1. The summed E-state index contributed by atoms with van der Waals surface area (Å²) in [4.78, 5) is 29.1. The number of carbonyl (C=O) groups is 2. The number of nitrogens with zero attached hydrogens (tertiary/aromatic N) is 1. The molecule has 1 heterocycles. The molecule has 4 rings (SSSR count). The van der Waals surface area contributed by atoms with E-state index in [4.69, 9.17) is 4.74 Å². The number of hydrogen-bond acceptors (Lipinski definition) is 5. The molecule has 0 atom stereocenters. The lowest BCUT2D eigenvalue weighted by molar-refractivity contribution is -0.117. The van der Waals surface area contributed by atoms with Crippen LogP contribution in [-0.2, 0) is 17.9 Å². The highest BCUT2D eigenvalue weighted by molar-refractivity contribution is 7.09. The van der Waals surface area contributed by atoms with Crippen LogP contribution >= 0.6 is 11.3 Å². The Kier molecular flexibility index (Phi) is 6.09. The Hall–Kier alpha value is -3.19. The van der Waals surface area contributed by atoms with Crippen LogP contribution < -0.4 is 15.4 Å². The molecule has 0 unspecified atom stereocenters. The summed E-state index contributed by atoms with van der Waals surface area (Å²) in [7, 11) is 0. The van der Waals surface area contributed by atoms with Crippen molar-refractivity contribution in [1.82, 2.24) is 10.3 Å². The van der Waals surface area contributed by atoms with Crippen LogP contribution in [-0.4, -0.2) is 16.8 Å². The average molecular weight is 422 g/mol. The predicted molar refractivity (Wildman–Crippen MR) is 117 cm³/mol. The number of anilines is 1. The van der Waals surface area contributed by atoms with Crippen molar-refractivity contribution in [3.8, 4) is 5.75 Å². The molecular weight excluding hydrogens is 398 g/mol. The maximum atomic E-state index is 12.7. The topological polar surface area (TPSA) is 80.3 Å². The fourth-order valence-electron chi connectivity index (χ4n) is 3.03. The molecular formula is C23H23N3O3S. The summed E-state index contributed by atoms with van der Waals surface area (Å²) in [6.45, 7) is 2.62. The minimum atomic E-state index is -0.215. The van der Waals surface area contributed by atoms with Gasteiger partial charge in [0.05, 0.1) is 16.3 Å². The van der Waals surface area contributed by atoms with Crippen molar-refractivity contribution in [3.05, 3.63) is 75.7 Å². The Labute approximate surface area is 179 Å². The lowest BCUT2D eigenvalue weighted by Gasteiger charge is -2.12. The molecule has 6 nitrogen and oxygen atoms in total. The summed E-state index contributed by atoms with van der Waals surface area (Å²) in [5, 5.41) is 8.79. The van der Waals surface area contributed by atoms with E-state index >= 15 is 0 Å². The van der Waals surface area contributed by atoms with E-state index in [0.717, 1.165) is 34.8 Å². The number of aromatic nitrogens is 1. The van der Waals surface area contributed by atoms with E-state index in [1.54, 1.807) is 23.5 Å². The van der Waals surface area contributed by atoms with Crippen LogP contribution in [0.2, 0.25) is 0 Å². The average Bonchev–Trinajstić information content (AvgIpc) is 3.53. The minimum Gasteiger partial charge on any atom is -0.486 e. The molecule has 0 spiro atoms. The van der Waals surface area contributed by atoms with Gasteiger partial charge in [0.1, 0.15) is 12.4 Å². The Morgan fingerprint density at radius 1 is 1.17 bits per heavy atom. The molecule has 7 heteroatoms. The number of nitrogens with one attached hydrogen (secondary N) is 2. The van der Waals surface area contributed by atoms with E-state index < -0.39 is 0 Å². The van der Waals surface area contributed by atoms with Crippen LogP contribution in [0.5, 0.6) is 5.75 Å². The van der Waals surface area contributed by atoms with Gasteiger partial charge in [-0.3, -0.25) is 9.59 Å². The third-order valence-corrected chi connectivity index (χ3v) is 5.59. The minimum absolute atomic E-state index is 0.0672. The number of thiazole rings is 1. The van der Waals surface area contributed by atoms with Crippen LogP contribution in [0.25, 0.3) is 0 Å². The highest BCUT2D eigenvalue weighted by Crippen LogP contribution is 2.30. The van der Waals surface area contributed by atoms with Crippen LogP contribution in [0.15, 0.2) is 53.9 Å². The van der Waals surface area contributed by atoms with Gasteiger partial charge in [-0.25, -0.2) is 4.98 Å². The number of aryl methyl sites for hydroxylation is 1. The lowest BCUT2D eigenvalue weighted by Crippen LogP contribution is -2.23. The Morgan fingerprint density at radius 2 is 2.00 bits per heavy atom. The van der Waals surface area contributed by atoms with Crippen molar-refractivity contribution in [1.29, 1.82) is 0 Å². The van der Waals surface area contributed by atoms with Crippen LogP contribution in [0.4, 0.5) is 5.69 Å². The number of rotatable bonds is 8. The highest BCUT2D eigenvalue weighted by Gasteiger charge is 2.29. The van der Waals surface area contributed by atoms with Crippen molar-refractivity contribution in [3.63, 3.8) is 0 Å². The molecule has 30 heavy (non-hydrogen) atoms. The molecule has 0 radical (unpaired) electrons. The third kappa shape index (κ3) is 5.24. The van der Waals surface area contributed by atoms with Crippen molar-refractivity contribution >= 4 is 28.8 Å². The number of benzene rings is 2. The quantitative estimate of drug-likeness (QED) is 0.568. The molecule has 1 aliphatic rings. The summed E-state index contributed by atoms with van der Waals surface area (Å²) in [6, 6.07) is 14.7. The molecule has 2 aromatic carbocycles. The van der Waals surface area contributed by atoms with Crippen LogP contribution in [0.3, 0.4) is 0 Å². The first-order chi connectivity index (χ1) is 14.6. The monoisotopic (exact) mass is 421 g/mol. The molecule has 1 fully saturated rings. The molecule has 154 valence electrons. The Balaban J connectivity index is 1.36. The second-order valence-electron chi connectivity index (χ2n) is 7.29. The summed E-state index contributed by atoms with van der Waals surface area (Å²) in [5.41, 5.74) is 2.98. The second kappa shape index (κ2) is 9.09. The number of para-hydroxylation sites is 1. The van der Waals surface area contributed by atoms with Gasteiger partial charge in [0, 0.05) is 23.5 Å². The molecule has 3 aromatic rings. The van der Waals surface area contributed by atoms with Crippen molar-refractivity contribution in [2.24, 2.45) is 5.92 Å². The van der Waals surface area contributed by atoms with Gasteiger partial charge in [0.2, 0.25) is 5.91 Å². The van der Waals surface area contributed by atoms with E-state index in [2.05, 4.69) is 15.6 Å². The van der Waals surface area contributed by atoms with Gasteiger partial charge in [-0.2, -0.15) is 0 Å². The number of amides is 2. The highest BCUT2D eigenvalue weighted by atomic mass is 32.1. The third-order valence-electron chi connectivity index (χ3n) is 4.77. The molecule has 0 saturated heterocycles. The maximum absolute atomic E-state index is 12.7. The molecule has 2 amide bonds. The summed E-state index contributed by atoms with van der Waals surface area (Å²) < 4.78 is 5.84. The molecule has 2 N–H and O–H groups in total. The standard InChI is InChI=1S/C23H23N3O3S/c1-15-25-19(14-30-15)13-29-21-8-3-2-7-20(21)23(28)24-12-16-5-4-6-18(11-16)26-22(27)17-9-10-17/h2-8,11,14,17H,9-10,12-13H2,1H3,(H,24,28)(H,26,27). The van der Waals surface area contributed by atoms with Gasteiger partial charge in [0.25, 0.3) is 5.91 Å². The van der Waals surface area contributed by atoms with Crippen molar-refractivity contribution < 1.29 is 14.3 Å². The van der Waals surface area contributed by atoms with Gasteiger partial charge in [0.15, 0.2) is 0 Å². The zero-order chi connectivity index (χ0) is 20.9. The Bertz CT molecular complexity index is 1060. The van der Waals surface area contributed by atoms with E-state index in [0.29, 0.717) is 24.5 Å². The van der Waals surface area contributed by atoms with Gasteiger partial charge >= 0.3 is 0 Å². The molecule has 1 aliphatic carbocycles. The van der Waals surface area contributed by atoms with Crippen molar-refractivity contribution in [2.75, 3.05) is 5.32 Å². The SMILES string of the molecule is Cc1nc(COc2ccccc2C(=O)NCc2cccc(NC(=O)C3CC3)c2)cs1. The predicted octanol–water partition coefficient (Wildman–Crippen LogP) is 4.31. The van der Waals surface area contributed by atoms with Gasteiger partial charge in [-0.15, -0.1) is 11.3 Å². The van der Waals surface area contributed by atoms with E-state index in [-0.39, 0.29) is 17.7 Å². The maximum Gasteiger partial charge on any atom is 0.255 e. The van der Waals surface area contributed by atoms with Crippen LogP contribution in [0, 0.1) is 12.8 Å². The molecule has 1 saturated carbocycles. The van der Waals surface area contributed by atoms with Gasteiger partial charge in [-0.05, 0) is 49.6 Å². The number of hydrogen-bond donors (Lipinski definition) is 2. The summed E-state index contributed by atoms with van der Waals surface area (Å²) in [6.07, 6.45) is 1.93. The van der Waals surface area contributed by atoms with Crippen LogP contribution in [0.1, 0.15) is 39.5 Å². The second-order valence-corrected chi connectivity index (χ2v) is 8.35. The first-order valence-electron chi connectivity index (χ1n) is 9.89. The summed E-state index contributed by atoms with van der Waals surface area (Å²) >= 11 is 1.57. The van der Waals surface area contributed by atoms with Gasteiger partial charge < -0.3 is 15.4 Å². The van der Waals surface area contributed by atoms with E-state index in [1.165, 1.54) is 0 Å². The number of carbonyl (C=O) groups excluding carboxylic acids is 2. The largest absolute Gasteiger partial charge is 0.486 e. The molecule has 0 aliphatic heterocycles.